The summed E-state index contributed by atoms with van der Waals surface area (Å²) in [6, 6.07) is 6.44. The highest BCUT2D eigenvalue weighted by atomic mass is 35.5. The van der Waals surface area contributed by atoms with Crippen molar-refractivity contribution in [1.29, 1.82) is 0 Å². The Morgan fingerprint density at radius 1 is 1.42 bits per heavy atom. The zero-order valence-electron chi connectivity index (χ0n) is 6.15. The summed E-state index contributed by atoms with van der Waals surface area (Å²) >= 11 is 0. The molecule has 0 aliphatic heterocycles. The Kier molecular flexibility index (Phi) is 3.89. The van der Waals surface area contributed by atoms with Crippen LogP contribution in [-0.4, -0.2) is 11.1 Å². The molecule has 1 rings (SSSR count). The topological polar surface area (TPSA) is 37.3 Å². The number of rotatable bonds is 1. The molecule has 0 amide bonds. The van der Waals surface area contributed by atoms with Gasteiger partial charge in [0.1, 0.15) is 0 Å². The Balaban J connectivity index is 0.00000121. The first-order valence-electron chi connectivity index (χ1n) is 3.04. The summed E-state index contributed by atoms with van der Waals surface area (Å²) in [6.45, 7) is 0. The molecule has 0 radical (unpaired) electrons. The number of carboxylic acids is 1. The van der Waals surface area contributed by atoms with E-state index in [0.717, 1.165) is 0 Å². The van der Waals surface area contributed by atoms with Crippen LogP contribution in [0.4, 0.5) is 0 Å². The largest absolute Gasteiger partial charge is 0.478 e. The van der Waals surface area contributed by atoms with Gasteiger partial charge >= 0.3 is 5.97 Å². The Morgan fingerprint density at radius 3 is 2.42 bits per heavy atom. The van der Waals surface area contributed by atoms with Gasteiger partial charge in [0.15, 0.2) is 0 Å². The van der Waals surface area contributed by atoms with Gasteiger partial charge in [0.05, 0.1) is 5.56 Å². The Labute approximate surface area is 76.6 Å². The summed E-state index contributed by atoms with van der Waals surface area (Å²) < 4.78 is 0. The SMILES string of the molecule is C#Cc1ccccc1C(=O)O.Cl. The minimum Gasteiger partial charge on any atom is -0.478 e. The van der Waals surface area contributed by atoms with Crippen molar-refractivity contribution in [3.63, 3.8) is 0 Å². The van der Waals surface area contributed by atoms with Crippen LogP contribution in [0.5, 0.6) is 0 Å². The first-order valence-corrected chi connectivity index (χ1v) is 3.04. The highest BCUT2D eigenvalue weighted by Crippen LogP contribution is 2.05. The first kappa shape index (κ1) is 10.5. The third kappa shape index (κ3) is 2.01. The molecule has 12 heavy (non-hydrogen) atoms. The number of terminal acetylenes is 1. The zero-order valence-corrected chi connectivity index (χ0v) is 6.97. The molecule has 1 aromatic rings. The maximum atomic E-state index is 10.5. The monoisotopic (exact) mass is 182 g/mol. The Hall–Kier alpha value is -1.46. The maximum Gasteiger partial charge on any atom is 0.336 e. The smallest absolute Gasteiger partial charge is 0.336 e. The second kappa shape index (κ2) is 4.42. The molecular weight excluding hydrogens is 176 g/mol. The van der Waals surface area contributed by atoms with E-state index in [0.29, 0.717) is 5.56 Å². The number of hydrogen-bond donors (Lipinski definition) is 1. The molecule has 0 heterocycles. The standard InChI is InChI=1S/C9H6O2.ClH/c1-2-7-5-3-4-6-8(7)9(10)11;/h1,3-6H,(H,10,11);1H. The van der Waals surface area contributed by atoms with Gasteiger partial charge in [-0.2, -0.15) is 0 Å². The van der Waals surface area contributed by atoms with Crippen LogP contribution in [0.1, 0.15) is 15.9 Å². The number of carboxylic acid groups (broad SMARTS) is 1. The number of carbonyl (C=O) groups is 1. The van der Waals surface area contributed by atoms with Gasteiger partial charge in [-0.15, -0.1) is 18.8 Å². The zero-order chi connectivity index (χ0) is 8.27. The summed E-state index contributed by atoms with van der Waals surface area (Å²) in [5.41, 5.74) is 0.593. The summed E-state index contributed by atoms with van der Waals surface area (Å²) in [5, 5.41) is 8.60. The molecular formula is C9H7ClO2. The molecule has 1 aromatic carbocycles. The highest BCUT2D eigenvalue weighted by Gasteiger charge is 2.05. The molecule has 3 heteroatoms. The lowest BCUT2D eigenvalue weighted by Crippen LogP contribution is -1.98. The van der Waals surface area contributed by atoms with Crippen LogP contribution >= 0.6 is 12.4 Å². The van der Waals surface area contributed by atoms with Crippen molar-refractivity contribution in [3.05, 3.63) is 35.4 Å². The lowest BCUT2D eigenvalue weighted by Gasteiger charge is -1.95. The van der Waals surface area contributed by atoms with Gasteiger partial charge < -0.3 is 5.11 Å². The number of aromatic carboxylic acids is 1. The van der Waals surface area contributed by atoms with E-state index in [1.54, 1.807) is 18.2 Å². The predicted molar refractivity (Wildman–Crippen MR) is 48.6 cm³/mol. The van der Waals surface area contributed by atoms with Gasteiger partial charge in [0, 0.05) is 5.56 Å². The summed E-state index contributed by atoms with van der Waals surface area (Å²) in [7, 11) is 0. The van der Waals surface area contributed by atoms with Crippen molar-refractivity contribution < 1.29 is 9.90 Å². The van der Waals surface area contributed by atoms with Gasteiger partial charge in [-0.25, -0.2) is 4.79 Å². The second-order valence-corrected chi connectivity index (χ2v) is 2.00. The number of halogens is 1. The fourth-order valence-electron chi connectivity index (χ4n) is 0.795. The van der Waals surface area contributed by atoms with Crippen molar-refractivity contribution in [2.24, 2.45) is 0 Å². The third-order valence-electron chi connectivity index (χ3n) is 1.31. The number of hydrogen-bond acceptors (Lipinski definition) is 1. The average Bonchev–Trinajstić information content (AvgIpc) is 2.04. The van der Waals surface area contributed by atoms with E-state index in [1.165, 1.54) is 6.07 Å². The van der Waals surface area contributed by atoms with Crippen LogP contribution in [0.25, 0.3) is 0 Å². The highest BCUT2D eigenvalue weighted by molar-refractivity contribution is 5.90. The summed E-state index contributed by atoms with van der Waals surface area (Å²) in [5.74, 6) is 1.31. The quantitative estimate of drug-likeness (QED) is 0.673. The van der Waals surface area contributed by atoms with Crippen molar-refractivity contribution in [1.82, 2.24) is 0 Å². The lowest BCUT2D eigenvalue weighted by molar-refractivity contribution is 0.0696. The molecule has 1 N–H and O–H groups in total. The van der Waals surface area contributed by atoms with E-state index in [4.69, 9.17) is 11.5 Å². The van der Waals surface area contributed by atoms with E-state index in [1.807, 2.05) is 0 Å². The molecule has 0 fully saturated rings. The van der Waals surface area contributed by atoms with Crippen LogP contribution in [0.2, 0.25) is 0 Å². The van der Waals surface area contributed by atoms with Crippen molar-refractivity contribution >= 4 is 18.4 Å². The molecule has 0 spiro atoms. The third-order valence-corrected chi connectivity index (χ3v) is 1.31. The van der Waals surface area contributed by atoms with Gasteiger partial charge in [0.2, 0.25) is 0 Å². The molecule has 0 atom stereocenters. The van der Waals surface area contributed by atoms with Gasteiger partial charge in [0.25, 0.3) is 0 Å². The molecule has 2 nitrogen and oxygen atoms in total. The normalized spacial score (nSPS) is 7.92. The molecule has 0 aromatic heterocycles. The van der Waals surface area contributed by atoms with E-state index < -0.39 is 5.97 Å². The average molecular weight is 183 g/mol. The Morgan fingerprint density at radius 2 is 2.00 bits per heavy atom. The fourth-order valence-corrected chi connectivity index (χ4v) is 0.795. The van der Waals surface area contributed by atoms with Crippen LogP contribution in [0, 0.1) is 12.3 Å². The van der Waals surface area contributed by atoms with Gasteiger partial charge in [-0.05, 0) is 12.1 Å². The van der Waals surface area contributed by atoms with Crippen LogP contribution in [0.3, 0.4) is 0 Å². The van der Waals surface area contributed by atoms with Crippen molar-refractivity contribution in [3.8, 4) is 12.3 Å². The molecule has 0 bridgehead atoms. The summed E-state index contributed by atoms with van der Waals surface area (Å²) in [4.78, 5) is 10.5. The predicted octanol–water partition coefficient (Wildman–Crippen LogP) is 1.79. The molecule has 0 aliphatic carbocycles. The van der Waals surface area contributed by atoms with Crippen LogP contribution in [0.15, 0.2) is 24.3 Å². The number of benzene rings is 1. The molecule has 0 aliphatic rings. The van der Waals surface area contributed by atoms with Crippen molar-refractivity contribution in [2.75, 3.05) is 0 Å². The van der Waals surface area contributed by atoms with Crippen LogP contribution in [-0.2, 0) is 0 Å². The lowest BCUT2D eigenvalue weighted by atomic mass is 10.1. The summed E-state index contributed by atoms with van der Waals surface area (Å²) in [6.07, 6.45) is 5.08. The fraction of sp³-hybridized carbons (Fsp3) is 0. The minimum absolute atomic E-state index is 0. The van der Waals surface area contributed by atoms with Crippen molar-refractivity contribution in [2.45, 2.75) is 0 Å². The molecule has 62 valence electrons. The van der Waals surface area contributed by atoms with E-state index in [2.05, 4.69) is 5.92 Å². The first-order chi connectivity index (χ1) is 5.25. The maximum absolute atomic E-state index is 10.5. The van der Waals surface area contributed by atoms with E-state index >= 15 is 0 Å². The molecule has 0 saturated heterocycles. The Bertz CT molecular complexity index is 326. The van der Waals surface area contributed by atoms with Gasteiger partial charge in [-0.1, -0.05) is 18.1 Å². The van der Waals surface area contributed by atoms with Crippen LogP contribution < -0.4 is 0 Å². The molecule has 0 unspecified atom stereocenters. The van der Waals surface area contributed by atoms with E-state index in [9.17, 15) is 4.79 Å². The minimum atomic E-state index is -0.987. The molecule has 0 saturated carbocycles. The van der Waals surface area contributed by atoms with Gasteiger partial charge in [-0.3, -0.25) is 0 Å². The second-order valence-electron chi connectivity index (χ2n) is 2.00. The van der Waals surface area contributed by atoms with E-state index in [-0.39, 0.29) is 18.0 Å².